The van der Waals surface area contributed by atoms with Gasteiger partial charge in [-0.15, -0.1) is 0 Å². The predicted octanol–water partition coefficient (Wildman–Crippen LogP) is 1.81. The topological polar surface area (TPSA) is 105 Å². The van der Waals surface area contributed by atoms with Gasteiger partial charge in [-0.25, -0.2) is 8.78 Å². The summed E-state index contributed by atoms with van der Waals surface area (Å²) in [7, 11) is 0. The number of nitro groups is 1. The van der Waals surface area contributed by atoms with E-state index in [9.17, 15) is 28.5 Å². The van der Waals surface area contributed by atoms with Crippen molar-refractivity contribution >= 4 is 17.3 Å². The predicted molar refractivity (Wildman–Crippen MR) is 68.0 cm³/mol. The Bertz CT molecular complexity index is 788. The minimum atomic E-state index is -1.29. The number of aromatic amines is 1. The monoisotopic (exact) mass is 295 g/mol. The second-order valence-corrected chi connectivity index (χ2v) is 3.93. The van der Waals surface area contributed by atoms with Crippen LogP contribution in [0, 0.1) is 21.7 Å². The Morgan fingerprint density at radius 3 is 2.62 bits per heavy atom. The number of nitrogens with one attached hydrogen (secondary N) is 2. The van der Waals surface area contributed by atoms with E-state index in [0.717, 1.165) is 6.07 Å². The Morgan fingerprint density at radius 1 is 1.29 bits per heavy atom. The minimum absolute atomic E-state index is 0.128. The molecule has 108 valence electrons. The zero-order valence-corrected chi connectivity index (χ0v) is 10.2. The number of aromatic nitrogens is 1. The second-order valence-electron chi connectivity index (χ2n) is 3.93. The number of hydrogen-bond donors (Lipinski definition) is 2. The van der Waals surface area contributed by atoms with Crippen LogP contribution in [0.2, 0.25) is 0 Å². The summed E-state index contributed by atoms with van der Waals surface area (Å²) in [6.45, 7) is 0. The number of rotatable bonds is 3. The fraction of sp³-hybridized carbons (Fsp3) is 0. The molecule has 0 aliphatic carbocycles. The molecule has 0 fully saturated rings. The minimum Gasteiger partial charge on any atom is -0.329 e. The first kappa shape index (κ1) is 14.3. The molecule has 0 saturated heterocycles. The molecule has 1 aromatic heterocycles. The average molecular weight is 295 g/mol. The quantitative estimate of drug-likeness (QED) is 0.665. The first-order chi connectivity index (χ1) is 9.88. The van der Waals surface area contributed by atoms with E-state index in [1.54, 1.807) is 0 Å². The van der Waals surface area contributed by atoms with Crippen LogP contribution in [0.25, 0.3) is 0 Å². The van der Waals surface area contributed by atoms with Crippen molar-refractivity contribution in [3.8, 4) is 0 Å². The Morgan fingerprint density at radius 2 is 2.00 bits per heavy atom. The maximum absolute atomic E-state index is 13.6. The Hall–Kier alpha value is -3.10. The van der Waals surface area contributed by atoms with E-state index in [4.69, 9.17) is 0 Å². The van der Waals surface area contributed by atoms with E-state index in [1.807, 2.05) is 5.32 Å². The van der Waals surface area contributed by atoms with Gasteiger partial charge in [-0.05, 0) is 6.07 Å². The highest BCUT2D eigenvalue weighted by atomic mass is 19.1. The van der Waals surface area contributed by atoms with E-state index in [-0.39, 0.29) is 5.56 Å². The van der Waals surface area contributed by atoms with Gasteiger partial charge in [0, 0.05) is 23.9 Å². The molecule has 2 rings (SSSR count). The molecule has 9 heteroatoms. The van der Waals surface area contributed by atoms with Crippen molar-refractivity contribution in [1.82, 2.24) is 4.98 Å². The smallest absolute Gasteiger partial charge is 0.298 e. The maximum Gasteiger partial charge on any atom is 0.298 e. The number of nitro benzene ring substituents is 1. The number of carbonyl (C=O) groups excluding carboxylic acids is 1. The van der Waals surface area contributed by atoms with Gasteiger partial charge in [0.15, 0.2) is 11.5 Å². The zero-order chi connectivity index (χ0) is 15.6. The van der Waals surface area contributed by atoms with E-state index in [1.165, 1.54) is 12.3 Å². The van der Waals surface area contributed by atoms with Crippen molar-refractivity contribution in [1.29, 1.82) is 0 Å². The molecular weight excluding hydrogens is 288 g/mol. The fourth-order valence-corrected chi connectivity index (χ4v) is 1.60. The van der Waals surface area contributed by atoms with Gasteiger partial charge in [0.05, 0.1) is 11.0 Å². The molecule has 1 amide bonds. The van der Waals surface area contributed by atoms with E-state index in [0.29, 0.717) is 12.1 Å². The van der Waals surface area contributed by atoms with Crippen LogP contribution in [0.3, 0.4) is 0 Å². The van der Waals surface area contributed by atoms with Gasteiger partial charge in [0.2, 0.25) is 5.56 Å². The normalized spacial score (nSPS) is 10.2. The van der Waals surface area contributed by atoms with E-state index >= 15 is 0 Å². The summed E-state index contributed by atoms with van der Waals surface area (Å²) < 4.78 is 26.6. The van der Waals surface area contributed by atoms with Crippen LogP contribution >= 0.6 is 0 Å². The van der Waals surface area contributed by atoms with Gasteiger partial charge in [0.1, 0.15) is 5.82 Å². The zero-order valence-electron chi connectivity index (χ0n) is 10.2. The summed E-state index contributed by atoms with van der Waals surface area (Å²) in [6, 6.07) is 3.05. The Balaban J connectivity index is 2.42. The molecule has 0 radical (unpaired) electrons. The van der Waals surface area contributed by atoms with E-state index in [2.05, 4.69) is 4.98 Å². The molecule has 7 nitrogen and oxygen atoms in total. The molecule has 0 aliphatic rings. The van der Waals surface area contributed by atoms with Crippen molar-refractivity contribution in [2.24, 2.45) is 0 Å². The lowest BCUT2D eigenvalue weighted by atomic mass is 10.2. The molecule has 0 saturated carbocycles. The molecule has 0 aliphatic heterocycles. The summed E-state index contributed by atoms with van der Waals surface area (Å²) in [5, 5.41) is 12.7. The number of nitrogens with zero attached hydrogens (tertiary/aromatic N) is 1. The lowest BCUT2D eigenvalue weighted by molar-refractivity contribution is -0.384. The molecule has 0 bridgehead atoms. The number of pyridine rings is 1. The summed E-state index contributed by atoms with van der Waals surface area (Å²) in [5.74, 6) is -3.37. The second kappa shape index (κ2) is 5.49. The maximum atomic E-state index is 13.6. The van der Waals surface area contributed by atoms with Gasteiger partial charge >= 0.3 is 0 Å². The van der Waals surface area contributed by atoms with Crippen LogP contribution in [-0.2, 0) is 0 Å². The van der Waals surface area contributed by atoms with Gasteiger partial charge in [-0.1, -0.05) is 0 Å². The molecule has 1 aromatic carbocycles. The average Bonchev–Trinajstić information content (AvgIpc) is 2.41. The number of halogens is 2. The number of anilines is 1. The first-order valence-electron chi connectivity index (χ1n) is 5.52. The van der Waals surface area contributed by atoms with Crippen LogP contribution in [0.5, 0.6) is 0 Å². The molecular formula is C12H7F2N3O4. The van der Waals surface area contributed by atoms with Crippen LogP contribution in [-0.4, -0.2) is 15.8 Å². The van der Waals surface area contributed by atoms with Crippen molar-refractivity contribution in [2.45, 2.75) is 0 Å². The third-order valence-electron chi connectivity index (χ3n) is 2.51. The van der Waals surface area contributed by atoms with Crippen molar-refractivity contribution in [3.05, 3.63) is 68.1 Å². The van der Waals surface area contributed by atoms with Crippen LogP contribution in [0.4, 0.5) is 20.2 Å². The highest BCUT2D eigenvalue weighted by Gasteiger charge is 2.22. The Kier molecular flexibility index (Phi) is 3.74. The summed E-state index contributed by atoms with van der Waals surface area (Å²) in [5.41, 5.74) is -2.40. The molecule has 0 unspecified atom stereocenters. The highest BCUT2D eigenvalue weighted by molar-refractivity contribution is 6.05. The SMILES string of the molecule is O=C(Nc1c(F)cc(F)cc1[N+](=O)[O-])c1cc[nH]c(=O)c1. The lowest BCUT2D eigenvalue weighted by Gasteiger charge is -2.07. The third kappa shape index (κ3) is 3.08. The molecule has 2 N–H and O–H groups in total. The number of benzene rings is 1. The Labute approximate surface area is 115 Å². The van der Waals surface area contributed by atoms with Crippen LogP contribution in [0.15, 0.2) is 35.3 Å². The number of amides is 1. The van der Waals surface area contributed by atoms with Gasteiger partial charge in [-0.2, -0.15) is 0 Å². The van der Waals surface area contributed by atoms with E-state index < -0.39 is 39.4 Å². The fourth-order valence-electron chi connectivity index (χ4n) is 1.60. The van der Waals surface area contributed by atoms with Crippen LogP contribution in [0.1, 0.15) is 10.4 Å². The highest BCUT2D eigenvalue weighted by Crippen LogP contribution is 2.28. The summed E-state index contributed by atoms with van der Waals surface area (Å²) in [6.07, 6.45) is 1.19. The van der Waals surface area contributed by atoms with Gasteiger partial charge < -0.3 is 10.3 Å². The lowest BCUT2D eigenvalue weighted by Crippen LogP contribution is -2.17. The number of H-pyrrole nitrogens is 1. The molecule has 0 atom stereocenters. The van der Waals surface area contributed by atoms with Crippen molar-refractivity contribution < 1.29 is 18.5 Å². The molecule has 0 spiro atoms. The summed E-state index contributed by atoms with van der Waals surface area (Å²) in [4.78, 5) is 34.9. The van der Waals surface area contributed by atoms with Crippen molar-refractivity contribution in [2.75, 3.05) is 5.32 Å². The molecule has 2 aromatic rings. The van der Waals surface area contributed by atoms with Gasteiger partial charge in [0.25, 0.3) is 11.6 Å². The largest absolute Gasteiger partial charge is 0.329 e. The van der Waals surface area contributed by atoms with Gasteiger partial charge in [-0.3, -0.25) is 19.7 Å². The summed E-state index contributed by atoms with van der Waals surface area (Å²) >= 11 is 0. The van der Waals surface area contributed by atoms with Crippen molar-refractivity contribution in [3.63, 3.8) is 0 Å². The number of carbonyl (C=O) groups is 1. The van der Waals surface area contributed by atoms with Crippen LogP contribution < -0.4 is 10.9 Å². The molecule has 21 heavy (non-hydrogen) atoms. The number of hydrogen-bond acceptors (Lipinski definition) is 4. The molecule has 1 heterocycles. The first-order valence-corrected chi connectivity index (χ1v) is 5.52. The standard InChI is InChI=1S/C12H7F2N3O4/c13-7-4-8(14)11(9(5-7)17(20)21)16-12(19)6-1-2-15-10(18)3-6/h1-5H,(H,15,18)(H,16,19). The third-order valence-corrected chi connectivity index (χ3v) is 2.51.